The van der Waals surface area contributed by atoms with E-state index in [0.717, 1.165) is 5.75 Å². The second-order valence-electron chi connectivity index (χ2n) is 2.98. The van der Waals surface area contributed by atoms with Crippen LogP contribution in [0.4, 0.5) is 5.69 Å². The van der Waals surface area contributed by atoms with Crippen LogP contribution in [0.3, 0.4) is 0 Å². The maximum atomic E-state index is 11.5. The molecule has 0 unspecified atom stereocenters. The molecule has 0 radical (unpaired) electrons. The van der Waals surface area contributed by atoms with E-state index in [9.17, 15) is 4.79 Å². The molecule has 0 bridgehead atoms. The largest absolute Gasteiger partial charge is 0.497 e. The minimum absolute atomic E-state index is 0.135. The van der Waals surface area contributed by atoms with Gasteiger partial charge in [-0.05, 0) is 29.4 Å². The molecule has 0 aliphatic heterocycles. The number of amides is 1. The predicted molar refractivity (Wildman–Crippen MR) is 55.2 cm³/mol. The van der Waals surface area contributed by atoms with Crippen LogP contribution in [0.15, 0.2) is 35.1 Å². The molecule has 1 aromatic carbocycles. The van der Waals surface area contributed by atoms with E-state index in [-0.39, 0.29) is 11.6 Å². The first-order chi connectivity index (χ1) is 7.79. The Kier molecular flexibility index (Phi) is 2.81. The Labute approximate surface area is 91.2 Å². The van der Waals surface area contributed by atoms with Gasteiger partial charge in [0.2, 0.25) is 0 Å². The fraction of sp³-hybridized carbons (Fsp3) is 0.100. The number of carbonyl (C=O) groups excluding carboxylic acids is 1. The molecule has 0 spiro atoms. The zero-order chi connectivity index (χ0) is 11.4. The average Bonchev–Trinajstić information content (AvgIpc) is 2.83. The molecule has 0 aliphatic rings. The van der Waals surface area contributed by atoms with Crippen LogP contribution in [0.1, 0.15) is 10.5 Å². The van der Waals surface area contributed by atoms with Gasteiger partial charge in [0.1, 0.15) is 11.9 Å². The van der Waals surface area contributed by atoms with E-state index in [2.05, 4.69) is 20.3 Å². The van der Waals surface area contributed by atoms with Crippen LogP contribution < -0.4 is 10.1 Å². The Bertz CT molecular complexity index is 465. The SMILES string of the molecule is COc1ccc(NC(=O)c2cnon2)cc1. The van der Waals surface area contributed by atoms with Gasteiger partial charge in [-0.1, -0.05) is 5.16 Å². The van der Waals surface area contributed by atoms with Gasteiger partial charge in [-0.25, -0.2) is 4.63 Å². The van der Waals surface area contributed by atoms with E-state index in [1.165, 1.54) is 6.20 Å². The fourth-order valence-corrected chi connectivity index (χ4v) is 1.13. The van der Waals surface area contributed by atoms with Gasteiger partial charge >= 0.3 is 0 Å². The van der Waals surface area contributed by atoms with Crippen LogP contribution in [0.25, 0.3) is 0 Å². The van der Waals surface area contributed by atoms with Crippen molar-refractivity contribution in [3.05, 3.63) is 36.2 Å². The van der Waals surface area contributed by atoms with E-state index in [1.807, 2.05) is 0 Å². The van der Waals surface area contributed by atoms with Crippen molar-refractivity contribution in [2.45, 2.75) is 0 Å². The van der Waals surface area contributed by atoms with E-state index >= 15 is 0 Å². The van der Waals surface area contributed by atoms with Crippen LogP contribution in [-0.2, 0) is 0 Å². The first kappa shape index (κ1) is 10.2. The summed E-state index contributed by atoms with van der Waals surface area (Å²) in [5.74, 6) is 0.354. The molecular formula is C10H9N3O3. The van der Waals surface area contributed by atoms with E-state index in [0.29, 0.717) is 5.69 Å². The molecule has 1 N–H and O–H groups in total. The summed E-state index contributed by atoms with van der Waals surface area (Å²) in [7, 11) is 1.58. The monoisotopic (exact) mass is 219 g/mol. The highest BCUT2D eigenvalue weighted by Crippen LogP contribution is 2.15. The first-order valence-corrected chi connectivity index (χ1v) is 4.52. The summed E-state index contributed by atoms with van der Waals surface area (Å²) >= 11 is 0. The van der Waals surface area contributed by atoms with Gasteiger partial charge in [0, 0.05) is 5.69 Å². The number of nitrogens with zero attached hydrogens (tertiary/aromatic N) is 2. The van der Waals surface area contributed by atoms with Crippen molar-refractivity contribution in [3.8, 4) is 5.75 Å². The van der Waals surface area contributed by atoms with Gasteiger partial charge < -0.3 is 10.1 Å². The number of ether oxygens (including phenoxy) is 1. The third-order valence-electron chi connectivity index (χ3n) is 1.94. The summed E-state index contributed by atoms with van der Waals surface area (Å²) in [6.07, 6.45) is 1.25. The Morgan fingerprint density at radius 2 is 2.12 bits per heavy atom. The lowest BCUT2D eigenvalue weighted by Crippen LogP contribution is -2.11. The molecule has 0 saturated carbocycles. The summed E-state index contributed by atoms with van der Waals surface area (Å²) in [6, 6.07) is 6.95. The highest BCUT2D eigenvalue weighted by molar-refractivity contribution is 6.02. The van der Waals surface area contributed by atoms with Crippen LogP contribution in [-0.4, -0.2) is 23.3 Å². The van der Waals surface area contributed by atoms with Crippen molar-refractivity contribution >= 4 is 11.6 Å². The van der Waals surface area contributed by atoms with Crippen molar-refractivity contribution in [2.75, 3.05) is 12.4 Å². The number of methoxy groups -OCH3 is 1. The molecule has 0 saturated heterocycles. The van der Waals surface area contributed by atoms with E-state index in [1.54, 1.807) is 31.4 Å². The molecule has 0 aliphatic carbocycles. The third-order valence-corrected chi connectivity index (χ3v) is 1.94. The first-order valence-electron chi connectivity index (χ1n) is 4.52. The van der Waals surface area contributed by atoms with Crippen molar-refractivity contribution in [2.24, 2.45) is 0 Å². The number of hydrogen-bond acceptors (Lipinski definition) is 5. The van der Waals surface area contributed by atoms with Crippen LogP contribution in [0.2, 0.25) is 0 Å². The molecule has 6 heteroatoms. The van der Waals surface area contributed by atoms with Gasteiger partial charge in [0.15, 0.2) is 5.69 Å². The van der Waals surface area contributed by atoms with Gasteiger partial charge in [-0.15, -0.1) is 0 Å². The molecule has 2 rings (SSSR count). The second-order valence-corrected chi connectivity index (χ2v) is 2.98. The predicted octanol–water partition coefficient (Wildman–Crippen LogP) is 1.33. The summed E-state index contributed by atoms with van der Waals surface area (Å²) in [6.45, 7) is 0. The van der Waals surface area contributed by atoms with Gasteiger partial charge in [-0.2, -0.15) is 0 Å². The molecular weight excluding hydrogens is 210 g/mol. The minimum Gasteiger partial charge on any atom is -0.497 e. The number of benzene rings is 1. The Balaban J connectivity index is 2.06. The number of rotatable bonds is 3. The summed E-state index contributed by atoms with van der Waals surface area (Å²) in [4.78, 5) is 11.5. The lowest BCUT2D eigenvalue weighted by Gasteiger charge is -2.03. The second kappa shape index (κ2) is 4.43. The number of carbonyl (C=O) groups is 1. The smallest absolute Gasteiger partial charge is 0.279 e. The molecule has 6 nitrogen and oxygen atoms in total. The summed E-state index contributed by atoms with van der Waals surface area (Å²) in [5.41, 5.74) is 0.782. The van der Waals surface area contributed by atoms with Crippen molar-refractivity contribution in [3.63, 3.8) is 0 Å². The normalized spacial score (nSPS) is 9.81. The summed E-state index contributed by atoms with van der Waals surface area (Å²) < 4.78 is 9.33. The lowest BCUT2D eigenvalue weighted by molar-refractivity contribution is 0.101. The minimum atomic E-state index is -0.369. The van der Waals surface area contributed by atoms with Crippen LogP contribution in [0.5, 0.6) is 5.75 Å². The lowest BCUT2D eigenvalue weighted by atomic mass is 10.3. The molecule has 0 atom stereocenters. The number of hydrogen-bond donors (Lipinski definition) is 1. The molecule has 0 fully saturated rings. The van der Waals surface area contributed by atoms with Crippen LogP contribution >= 0.6 is 0 Å². The van der Waals surface area contributed by atoms with Gasteiger partial charge in [0.05, 0.1) is 7.11 Å². The van der Waals surface area contributed by atoms with Crippen molar-refractivity contribution in [1.82, 2.24) is 10.3 Å². The van der Waals surface area contributed by atoms with E-state index in [4.69, 9.17) is 4.74 Å². The number of aromatic nitrogens is 2. The highest BCUT2D eigenvalue weighted by atomic mass is 16.6. The number of anilines is 1. The Morgan fingerprint density at radius 1 is 1.38 bits per heavy atom. The molecule has 2 aromatic rings. The maximum absolute atomic E-state index is 11.5. The zero-order valence-electron chi connectivity index (χ0n) is 8.51. The quantitative estimate of drug-likeness (QED) is 0.842. The molecule has 1 heterocycles. The average molecular weight is 219 g/mol. The van der Waals surface area contributed by atoms with Crippen molar-refractivity contribution < 1.29 is 14.2 Å². The molecule has 82 valence electrons. The maximum Gasteiger partial charge on any atom is 0.279 e. The van der Waals surface area contributed by atoms with Gasteiger partial charge in [-0.3, -0.25) is 4.79 Å². The molecule has 16 heavy (non-hydrogen) atoms. The standard InChI is InChI=1S/C10H9N3O3/c1-15-8-4-2-7(3-5-8)12-10(14)9-6-11-16-13-9/h2-6H,1H3,(H,12,14). The van der Waals surface area contributed by atoms with E-state index < -0.39 is 0 Å². The van der Waals surface area contributed by atoms with Gasteiger partial charge in [0.25, 0.3) is 5.91 Å². The molecule has 1 amide bonds. The van der Waals surface area contributed by atoms with Crippen LogP contribution in [0, 0.1) is 0 Å². The number of nitrogens with one attached hydrogen (secondary N) is 1. The third kappa shape index (κ3) is 2.17. The Hall–Kier alpha value is -2.37. The zero-order valence-corrected chi connectivity index (χ0v) is 8.51. The highest BCUT2D eigenvalue weighted by Gasteiger charge is 2.09. The topological polar surface area (TPSA) is 77.2 Å². The Morgan fingerprint density at radius 3 is 2.69 bits per heavy atom. The summed E-state index contributed by atoms with van der Waals surface area (Å²) in [5, 5.41) is 9.41. The van der Waals surface area contributed by atoms with Crippen molar-refractivity contribution in [1.29, 1.82) is 0 Å². The fourth-order valence-electron chi connectivity index (χ4n) is 1.13. The molecule has 1 aromatic heterocycles.